The molecule has 1 N–H and O–H groups in total. The molecule has 1 aromatic rings. The van der Waals surface area contributed by atoms with Crippen LogP contribution in [0, 0.1) is 0 Å². The van der Waals surface area contributed by atoms with Crippen LogP contribution in [0.3, 0.4) is 0 Å². The van der Waals surface area contributed by atoms with E-state index in [2.05, 4.69) is 53.1 Å². The van der Waals surface area contributed by atoms with Crippen molar-refractivity contribution >= 4 is 59.4 Å². The van der Waals surface area contributed by atoms with Gasteiger partial charge in [-0.2, -0.15) is 0 Å². The Bertz CT molecular complexity index is 491. The molecule has 6 heteroatoms. The second kappa shape index (κ2) is 7.97. The number of hydrogen-bond acceptors (Lipinski definition) is 2. The minimum Gasteiger partial charge on any atom is -0.372 e. The van der Waals surface area contributed by atoms with Crippen molar-refractivity contribution in [2.45, 2.75) is 38.6 Å². The first-order valence-corrected chi connectivity index (χ1v) is 9.57. The number of benzene rings is 1. The number of likely N-dealkylation sites (tertiary alicyclic amines) is 1. The molecule has 0 bridgehead atoms. The summed E-state index contributed by atoms with van der Waals surface area (Å²) in [6.07, 6.45) is 4.69. The zero-order valence-electron chi connectivity index (χ0n) is 12.0. The number of nitrogens with zero attached hydrogens (tertiary/aromatic N) is 1. The Balaban J connectivity index is 2.06. The fraction of sp³-hybridized carbons (Fsp3) is 0.533. The molecule has 1 amide bonds. The van der Waals surface area contributed by atoms with Crippen LogP contribution in [-0.2, 0) is 4.79 Å². The largest absolute Gasteiger partial charge is 0.372 e. The van der Waals surface area contributed by atoms with Crippen LogP contribution in [0.2, 0.25) is 0 Å². The maximum atomic E-state index is 12.6. The van der Waals surface area contributed by atoms with Crippen molar-refractivity contribution in [1.29, 1.82) is 0 Å². The summed E-state index contributed by atoms with van der Waals surface area (Å²) in [5.41, 5.74) is 0.911. The third-order valence-electron chi connectivity index (χ3n) is 3.66. The average Bonchev–Trinajstić information content (AvgIpc) is 2.70. The van der Waals surface area contributed by atoms with Crippen molar-refractivity contribution in [3.05, 3.63) is 25.6 Å². The molecule has 1 aliphatic rings. The van der Waals surface area contributed by atoms with Gasteiger partial charge < -0.3 is 10.2 Å². The Morgan fingerprint density at radius 2 is 1.62 bits per heavy atom. The number of anilines is 1. The number of halogens is 3. The van der Waals surface area contributed by atoms with Crippen molar-refractivity contribution in [1.82, 2.24) is 4.90 Å². The van der Waals surface area contributed by atoms with E-state index in [1.807, 2.05) is 24.0 Å². The fourth-order valence-electron chi connectivity index (χ4n) is 2.52. The average molecular weight is 483 g/mol. The van der Waals surface area contributed by atoms with Crippen molar-refractivity contribution in [3.63, 3.8) is 0 Å². The third-order valence-corrected chi connectivity index (χ3v) is 5.36. The minimum atomic E-state index is -0.239. The van der Waals surface area contributed by atoms with Gasteiger partial charge in [0.15, 0.2) is 0 Å². The maximum absolute atomic E-state index is 12.6. The van der Waals surface area contributed by atoms with Gasteiger partial charge in [-0.1, -0.05) is 28.8 Å². The monoisotopic (exact) mass is 480 g/mol. The molecule has 1 unspecified atom stereocenters. The van der Waals surface area contributed by atoms with Gasteiger partial charge >= 0.3 is 0 Å². The number of carbonyl (C=O) groups excluding carboxylic acids is 1. The van der Waals surface area contributed by atoms with Crippen molar-refractivity contribution in [2.24, 2.45) is 0 Å². The van der Waals surface area contributed by atoms with Gasteiger partial charge in [-0.15, -0.1) is 0 Å². The highest BCUT2D eigenvalue weighted by Gasteiger charge is 2.22. The van der Waals surface area contributed by atoms with Gasteiger partial charge in [0.05, 0.1) is 5.69 Å². The van der Waals surface area contributed by atoms with E-state index < -0.39 is 0 Å². The van der Waals surface area contributed by atoms with E-state index >= 15 is 0 Å². The Labute approximate surface area is 151 Å². The number of carbonyl (C=O) groups is 1. The van der Waals surface area contributed by atoms with Crippen LogP contribution in [0.25, 0.3) is 0 Å². The summed E-state index contributed by atoms with van der Waals surface area (Å²) < 4.78 is 2.84. The lowest BCUT2D eigenvalue weighted by molar-refractivity contribution is -0.131. The number of hydrogen-bond donors (Lipinski definition) is 1. The number of nitrogens with one attached hydrogen (secondary N) is 1. The van der Waals surface area contributed by atoms with Crippen LogP contribution in [0.15, 0.2) is 25.6 Å². The van der Waals surface area contributed by atoms with Crippen LogP contribution in [0.5, 0.6) is 0 Å². The van der Waals surface area contributed by atoms with Crippen molar-refractivity contribution in [3.8, 4) is 0 Å². The molecule has 0 spiro atoms. The molecule has 0 aliphatic carbocycles. The summed E-state index contributed by atoms with van der Waals surface area (Å²) in [4.78, 5) is 14.6. The van der Waals surface area contributed by atoms with Crippen LogP contribution in [-0.4, -0.2) is 29.9 Å². The highest BCUT2D eigenvalue weighted by atomic mass is 79.9. The second-order valence-electron chi connectivity index (χ2n) is 5.35. The minimum absolute atomic E-state index is 0.179. The van der Waals surface area contributed by atoms with E-state index in [1.54, 1.807) is 0 Å². The standard InChI is InChI=1S/C15H19Br3N2O/c1-10(15(21)20-6-4-2-3-5-7-20)19-14-12(17)8-11(16)9-13(14)18/h8-10,19H,2-7H2,1H3. The van der Waals surface area contributed by atoms with E-state index in [1.165, 1.54) is 12.8 Å². The molecule has 1 atom stereocenters. The van der Waals surface area contributed by atoms with Gasteiger partial charge in [-0.05, 0) is 63.8 Å². The molecule has 0 saturated carbocycles. The third kappa shape index (κ3) is 4.70. The van der Waals surface area contributed by atoms with Crippen LogP contribution < -0.4 is 5.32 Å². The Kier molecular flexibility index (Phi) is 6.56. The van der Waals surface area contributed by atoms with E-state index in [9.17, 15) is 4.79 Å². The van der Waals surface area contributed by atoms with Gasteiger partial charge in [-0.3, -0.25) is 4.79 Å². The lowest BCUT2D eigenvalue weighted by Crippen LogP contribution is -2.42. The zero-order chi connectivity index (χ0) is 15.4. The normalized spacial score (nSPS) is 17.2. The summed E-state index contributed by atoms with van der Waals surface area (Å²) in [7, 11) is 0. The van der Waals surface area contributed by atoms with E-state index in [-0.39, 0.29) is 11.9 Å². The molecular weight excluding hydrogens is 464 g/mol. The lowest BCUT2D eigenvalue weighted by atomic mass is 10.2. The SMILES string of the molecule is CC(Nc1c(Br)cc(Br)cc1Br)C(=O)N1CCCCCC1. The lowest BCUT2D eigenvalue weighted by Gasteiger charge is -2.26. The van der Waals surface area contributed by atoms with E-state index in [4.69, 9.17) is 0 Å². The Morgan fingerprint density at radius 1 is 1.10 bits per heavy atom. The van der Waals surface area contributed by atoms with Crippen molar-refractivity contribution in [2.75, 3.05) is 18.4 Å². The summed E-state index contributed by atoms with van der Waals surface area (Å²) in [6.45, 7) is 3.69. The quantitative estimate of drug-likeness (QED) is 0.644. The molecule has 1 aromatic carbocycles. The molecule has 3 nitrogen and oxygen atoms in total. The van der Waals surface area contributed by atoms with Gasteiger partial charge in [-0.25, -0.2) is 0 Å². The molecule has 1 aliphatic heterocycles. The molecule has 1 fully saturated rings. The molecule has 1 heterocycles. The Morgan fingerprint density at radius 3 is 2.14 bits per heavy atom. The van der Waals surface area contributed by atoms with Crippen LogP contribution >= 0.6 is 47.8 Å². The molecule has 0 radical (unpaired) electrons. The first-order valence-electron chi connectivity index (χ1n) is 7.19. The molecule has 1 saturated heterocycles. The van der Waals surface area contributed by atoms with Crippen LogP contribution in [0.4, 0.5) is 5.69 Å². The maximum Gasteiger partial charge on any atom is 0.244 e. The summed E-state index contributed by atoms with van der Waals surface area (Å²) in [6, 6.07) is 3.70. The van der Waals surface area contributed by atoms with E-state index in [0.29, 0.717) is 0 Å². The summed E-state index contributed by atoms with van der Waals surface area (Å²) in [5.74, 6) is 0.179. The predicted molar refractivity (Wildman–Crippen MR) is 97.7 cm³/mol. The zero-order valence-corrected chi connectivity index (χ0v) is 16.7. The fourth-order valence-corrected chi connectivity index (χ4v) is 5.01. The van der Waals surface area contributed by atoms with Gasteiger partial charge in [0.25, 0.3) is 0 Å². The molecule has 2 rings (SSSR count). The first kappa shape index (κ1) is 17.3. The molecule has 21 heavy (non-hydrogen) atoms. The molecule has 116 valence electrons. The first-order chi connectivity index (χ1) is 9.99. The van der Waals surface area contributed by atoms with E-state index in [0.717, 1.165) is 45.0 Å². The van der Waals surface area contributed by atoms with Crippen molar-refractivity contribution < 1.29 is 4.79 Å². The highest BCUT2D eigenvalue weighted by Crippen LogP contribution is 2.34. The van der Waals surface area contributed by atoms with Gasteiger partial charge in [0.1, 0.15) is 6.04 Å². The smallest absolute Gasteiger partial charge is 0.244 e. The second-order valence-corrected chi connectivity index (χ2v) is 7.97. The highest BCUT2D eigenvalue weighted by molar-refractivity contribution is 9.11. The Hall–Kier alpha value is -0.0700. The summed E-state index contributed by atoms with van der Waals surface area (Å²) >= 11 is 10.5. The van der Waals surface area contributed by atoms with Crippen LogP contribution in [0.1, 0.15) is 32.6 Å². The molecule has 0 aromatic heterocycles. The molecular formula is C15H19Br3N2O. The topological polar surface area (TPSA) is 32.3 Å². The van der Waals surface area contributed by atoms with Gasteiger partial charge in [0.2, 0.25) is 5.91 Å². The number of amides is 1. The predicted octanol–water partition coefficient (Wildman–Crippen LogP) is 5.18. The number of rotatable bonds is 3. The summed E-state index contributed by atoms with van der Waals surface area (Å²) in [5, 5.41) is 3.32. The van der Waals surface area contributed by atoms with Gasteiger partial charge in [0, 0.05) is 26.5 Å².